The minimum absolute atomic E-state index is 0.0308. The van der Waals surface area contributed by atoms with Crippen molar-refractivity contribution in [3.05, 3.63) is 18.2 Å². The van der Waals surface area contributed by atoms with E-state index < -0.39 is 15.1 Å². The Balaban J connectivity index is 1.74. The van der Waals surface area contributed by atoms with E-state index in [0.29, 0.717) is 30.6 Å². The van der Waals surface area contributed by atoms with E-state index in [2.05, 4.69) is 19.2 Å². The third-order valence-corrected chi connectivity index (χ3v) is 8.74. The molecular formula is C20H28N2O4S2. The number of nitrogens with zero attached hydrogens (tertiary/aromatic N) is 1. The van der Waals surface area contributed by atoms with Gasteiger partial charge in [-0.3, -0.25) is 9.59 Å². The Bertz CT molecular complexity index is 874. The number of hydrogen-bond donors (Lipinski definition) is 1. The van der Waals surface area contributed by atoms with E-state index in [1.165, 1.54) is 17.8 Å². The van der Waals surface area contributed by atoms with Crippen LogP contribution in [0.2, 0.25) is 0 Å². The Morgan fingerprint density at radius 1 is 1.25 bits per heavy atom. The summed E-state index contributed by atoms with van der Waals surface area (Å²) in [5, 5.41) is 1.73. The van der Waals surface area contributed by atoms with Crippen LogP contribution < -0.4 is 5.32 Å². The first-order valence-electron chi connectivity index (χ1n) is 9.71. The summed E-state index contributed by atoms with van der Waals surface area (Å²) < 4.78 is 26.0. The normalized spacial score (nSPS) is 26.4. The second-order valence-corrected chi connectivity index (χ2v) is 12.0. The molecule has 0 spiro atoms. The highest BCUT2D eigenvalue weighted by Gasteiger charge is 2.32. The number of carbonyl (C=O) groups excluding carboxylic acids is 2. The quantitative estimate of drug-likeness (QED) is 0.803. The number of hydrogen-bond acceptors (Lipinski definition) is 5. The second kappa shape index (κ2) is 8.06. The number of fused-ring (bicyclic) bond motifs is 1. The molecule has 6 nitrogen and oxygen atoms in total. The van der Waals surface area contributed by atoms with Gasteiger partial charge in [0.25, 0.3) is 0 Å². The summed E-state index contributed by atoms with van der Waals surface area (Å²) in [5.41, 5.74) is 0.520. The molecule has 2 aliphatic rings. The minimum atomic E-state index is -3.67. The van der Waals surface area contributed by atoms with Crippen molar-refractivity contribution >= 4 is 39.1 Å². The molecule has 0 aromatic heterocycles. The molecule has 4 atom stereocenters. The highest BCUT2D eigenvalue weighted by atomic mass is 32.2. The van der Waals surface area contributed by atoms with E-state index in [1.54, 1.807) is 24.0 Å². The molecule has 0 bridgehead atoms. The summed E-state index contributed by atoms with van der Waals surface area (Å²) in [6.45, 7) is 9.02. The molecule has 0 radical (unpaired) electrons. The highest BCUT2D eigenvalue weighted by molar-refractivity contribution is 8.01. The number of carbonyl (C=O) groups is 2. The molecule has 0 saturated carbocycles. The molecule has 2 amide bonds. The van der Waals surface area contributed by atoms with E-state index in [4.69, 9.17) is 0 Å². The topological polar surface area (TPSA) is 83.6 Å². The zero-order chi connectivity index (χ0) is 20.6. The molecule has 28 heavy (non-hydrogen) atoms. The molecule has 4 unspecified atom stereocenters. The zero-order valence-electron chi connectivity index (χ0n) is 16.8. The Morgan fingerprint density at radius 3 is 2.54 bits per heavy atom. The van der Waals surface area contributed by atoms with Gasteiger partial charge in [0.05, 0.1) is 21.1 Å². The number of nitrogens with one attached hydrogen (secondary N) is 1. The SMILES string of the molecule is CC1CC(C)CN(C(=O)CC(C)S(=O)(=O)c2ccc3c(c2)NC(=O)C(C)S3)C1. The molecule has 0 aliphatic carbocycles. The van der Waals surface area contributed by atoms with Crippen LogP contribution in [-0.2, 0) is 19.4 Å². The van der Waals surface area contributed by atoms with Crippen molar-refractivity contribution in [1.29, 1.82) is 0 Å². The molecule has 154 valence electrons. The average molecular weight is 425 g/mol. The number of likely N-dealkylation sites (tertiary alicyclic amines) is 1. The third kappa shape index (κ3) is 4.38. The largest absolute Gasteiger partial charge is 0.342 e. The zero-order valence-corrected chi connectivity index (χ0v) is 18.4. The van der Waals surface area contributed by atoms with Crippen LogP contribution in [0, 0.1) is 11.8 Å². The van der Waals surface area contributed by atoms with Gasteiger partial charge in [0.2, 0.25) is 11.8 Å². The van der Waals surface area contributed by atoms with Gasteiger partial charge in [0, 0.05) is 24.4 Å². The van der Waals surface area contributed by atoms with Crippen molar-refractivity contribution in [2.75, 3.05) is 18.4 Å². The Morgan fingerprint density at radius 2 is 1.89 bits per heavy atom. The second-order valence-electron chi connectivity index (χ2n) is 8.21. The van der Waals surface area contributed by atoms with E-state index in [9.17, 15) is 18.0 Å². The standard InChI is InChI=1S/C20H28N2O4S2/c1-12-7-13(2)11-22(10-12)19(23)8-14(3)28(25,26)16-5-6-18-17(9-16)21-20(24)15(4)27-18/h5-6,9,12-15H,7-8,10-11H2,1-4H3,(H,21,24). The molecule has 1 aromatic rings. The summed E-state index contributed by atoms with van der Waals surface area (Å²) in [5.74, 6) is 0.626. The molecule has 2 heterocycles. The van der Waals surface area contributed by atoms with Crippen LogP contribution in [0.5, 0.6) is 0 Å². The number of piperidine rings is 1. The lowest BCUT2D eigenvalue weighted by Gasteiger charge is -2.35. The van der Waals surface area contributed by atoms with Gasteiger partial charge in [-0.05, 0) is 50.3 Å². The Kier molecular flexibility index (Phi) is 6.10. The van der Waals surface area contributed by atoms with Gasteiger partial charge in [0.1, 0.15) is 0 Å². The first-order valence-corrected chi connectivity index (χ1v) is 12.1. The van der Waals surface area contributed by atoms with Crippen LogP contribution in [0.1, 0.15) is 40.5 Å². The average Bonchev–Trinajstić information content (AvgIpc) is 2.61. The summed E-state index contributed by atoms with van der Waals surface area (Å²) in [6, 6.07) is 4.80. The molecule has 2 aliphatic heterocycles. The predicted molar refractivity (Wildman–Crippen MR) is 111 cm³/mol. The molecule has 8 heteroatoms. The number of benzene rings is 1. The first kappa shape index (κ1) is 21.2. The number of rotatable bonds is 4. The number of thioether (sulfide) groups is 1. The third-order valence-electron chi connectivity index (χ3n) is 5.42. The van der Waals surface area contributed by atoms with Crippen molar-refractivity contribution in [2.45, 2.75) is 60.8 Å². The summed E-state index contributed by atoms with van der Waals surface area (Å²) in [7, 11) is -3.67. The first-order chi connectivity index (χ1) is 13.1. The van der Waals surface area contributed by atoms with Crippen molar-refractivity contribution in [2.24, 2.45) is 11.8 Å². The van der Waals surface area contributed by atoms with Gasteiger partial charge in [-0.15, -0.1) is 11.8 Å². The van der Waals surface area contributed by atoms with Crippen LogP contribution in [0.15, 0.2) is 28.0 Å². The van der Waals surface area contributed by atoms with Crippen LogP contribution in [0.4, 0.5) is 5.69 Å². The lowest BCUT2D eigenvalue weighted by molar-refractivity contribution is -0.133. The molecule has 1 saturated heterocycles. The van der Waals surface area contributed by atoms with Crippen LogP contribution in [0.3, 0.4) is 0 Å². The van der Waals surface area contributed by atoms with Crippen LogP contribution in [0.25, 0.3) is 0 Å². The fourth-order valence-electron chi connectivity index (χ4n) is 3.95. The Labute approximate surface area is 171 Å². The number of sulfone groups is 1. The molecule has 1 N–H and O–H groups in total. The van der Waals surface area contributed by atoms with Crippen LogP contribution >= 0.6 is 11.8 Å². The lowest BCUT2D eigenvalue weighted by atomic mass is 9.91. The van der Waals surface area contributed by atoms with Crippen LogP contribution in [-0.4, -0.2) is 48.7 Å². The molecule has 1 fully saturated rings. The minimum Gasteiger partial charge on any atom is -0.342 e. The van der Waals surface area contributed by atoms with Gasteiger partial charge in [-0.1, -0.05) is 13.8 Å². The van der Waals surface area contributed by atoms with Gasteiger partial charge in [-0.2, -0.15) is 0 Å². The van der Waals surface area contributed by atoms with Crippen molar-refractivity contribution in [3.8, 4) is 0 Å². The van der Waals surface area contributed by atoms with Crippen molar-refractivity contribution in [3.63, 3.8) is 0 Å². The summed E-state index contributed by atoms with van der Waals surface area (Å²) in [6.07, 6.45) is 1.06. The molecule has 1 aromatic carbocycles. The van der Waals surface area contributed by atoms with Crippen molar-refractivity contribution < 1.29 is 18.0 Å². The Hall–Kier alpha value is -1.54. The maximum Gasteiger partial charge on any atom is 0.237 e. The molecule has 3 rings (SSSR count). The monoisotopic (exact) mass is 424 g/mol. The van der Waals surface area contributed by atoms with Gasteiger partial charge >= 0.3 is 0 Å². The van der Waals surface area contributed by atoms with E-state index in [0.717, 1.165) is 11.3 Å². The van der Waals surface area contributed by atoms with E-state index >= 15 is 0 Å². The van der Waals surface area contributed by atoms with E-state index in [1.807, 2.05) is 6.92 Å². The smallest absolute Gasteiger partial charge is 0.237 e. The summed E-state index contributed by atoms with van der Waals surface area (Å²) >= 11 is 1.41. The predicted octanol–water partition coefficient (Wildman–Crippen LogP) is 3.18. The van der Waals surface area contributed by atoms with E-state index in [-0.39, 0.29) is 28.4 Å². The fourth-order valence-corrected chi connectivity index (χ4v) is 6.25. The van der Waals surface area contributed by atoms with Crippen molar-refractivity contribution in [1.82, 2.24) is 4.90 Å². The van der Waals surface area contributed by atoms with Gasteiger partial charge in [0.15, 0.2) is 9.84 Å². The maximum atomic E-state index is 13.0. The maximum absolute atomic E-state index is 13.0. The molecular weight excluding hydrogens is 396 g/mol. The summed E-state index contributed by atoms with van der Waals surface area (Å²) in [4.78, 5) is 27.4. The number of amides is 2. The van der Waals surface area contributed by atoms with Gasteiger partial charge in [-0.25, -0.2) is 8.42 Å². The highest BCUT2D eigenvalue weighted by Crippen LogP contribution is 2.37. The van der Waals surface area contributed by atoms with Gasteiger partial charge < -0.3 is 10.2 Å². The lowest BCUT2D eigenvalue weighted by Crippen LogP contribution is -2.44. The number of anilines is 1. The fraction of sp³-hybridized carbons (Fsp3) is 0.600.